The summed E-state index contributed by atoms with van der Waals surface area (Å²) < 4.78 is 57.5. The maximum atomic E-state index is 14.1. The standard InChI is InChI=1S/C13H14F4O2S/c1-12(2,3)19-11(18)9-7(13(15,16)17)5-6-8(20-4)10(9)14/h5-6H,1-4H3. The predicted molar refractivity (Wildman–Crippen MR) is 68.4 cm³/mol. The minimum absolute atomic E-state index is 0.0427. The Morgan fingerprint density at radius 1 is 1.20 bits per heavy atom. The van der Waals surface area contributed by atoms with Gasteiger partial charge in [0.25, 0.3) is 0 Å². The molecule has 0 N–H and O–H groups in total. The molecular formula is C13H14F4O2S. The van der Waals surface area contributed by atoms with Crippen molar-refractivity contribution in [2.24, 2.45) is 0 Å². The zero-order valence-electron chi connectivity index (χ0n) is 11.4. The van der Waals surface area contributed by atoms with E-state index in [0.717, 1.165) is 17.8 Å². The molecule has 1 aromatic rings. The van der Waals surface area contributed by atoms with Gasteiger partial charge >= 0.3 is 12.1 Å². The number of hydrogen-bond acceptors (Lipinski definition) is 3. The quantitative estimate of drug-likeness (QED) is 0.456. The predicted octanol–water partition coefficient (Wildman–Crippen LogP) is 4.52. The van der Waals surface area contributed by atoms with Crippen LogP contribution in [0.3, 0.4) is 0 Å². The maximum Gasteiger partial charge on any atom is 0.417 e. The summed E-state index contributed by atoms with van der Waals surface area (Å²) in [6.45, 7) is 4.48. The summed E-state index contributed by atoms with van der Waals surface area (Å²) in [5, 5.41) is 0. The van der Waals surface area contributed by atoms with Crippen LogP contribution in [0, 0.1) is 5.82 Å². The van der Waals surface area contributed by atoms with E-state index in [-0.39, 0.29) is 4.90 Å². The van der Waals surface area contributed by atoms with Gasteiger partial charge < -0.3 is 4.74 Å². The highest BCUT2D eigenvalue weighted by Gasteiger charge is 2.39. The van der Waals surface area contributed by atoms with Crippen LogP contribution in [-0.4, -0.2) is 17.8 Å². The van der Waals surface area contributed by atoms with E-state index in [1.807, 2.05) is 0 Å². The number of carbonyl (C=O) groups is 1. The number of halogens is 4. The van der Waals surface area contributed by atoms with Crippen molar-refractivity contribution in [1.82, 2.24) is 0 Å². The van der Waals surface area contributed by atoms with Gasteiger partial charge in [0.15, 0.2) is 5.82 Å². The lowest BCUT2D eigenvalue weighted by atomic mass is 10.1. The zero-order valence-corrected chi connectivity index (χ0v) is 12.2. The van der Waals surface area contributed by atoms with Crippen LogP contribution in [0.2, 0.25) is 0 Å². The Balaban J connectivity index is 3.44. The van der Waals surface area contributed by atoms with E-state index in [4.69, 9.17) is 4.74 Å². The highest BCUT2D eigenvalue weighted by Crippen LogP contribution is 2.36. The molecule has 112 valence electrons. The van der Waals surface area contributed by atoms with Gasteiger partial charge in [0.2, 0.25) is 0 Å². The first kappa shape index (κ1) is 16.8. The van der Waals surface area contributed by atoms with Crippen molar-refractivity contribution in [3.05, 3.63) is 29.1 Å². The van der Waals surface area contributed by atoms with Gasteiger partial charge in [-0.15, -0.1) is 11.8 Å². The number of alkyl halides is 3. The molecule has 0 radical (unpaired) electrons. The second kappa shape index (κ2) is 5.63. The first-order valence-corrected chi connectivity index (χ1v) is 6.87. The van der Waals surface area contributed by atoms with Crippen LogP contribution in [0.5, 0.6) is 0 Å². The molecule has 1 aromatic carbocycles. The largest absolute Gasteiger partial charge is 0.456 e. The third kappa shape index (κ3) is 3.88. The number of thioether (sulfide) groups is 1. The Kier molecular flexibility index (Phi) is 4.74. The lowest BCUT2D eigenvalue weighted by Gasteiger charge is -2.21. The Bertz CT molecular complexity index is 518. The van der Waals surface area contributed by atoms with Gasteiger partial charge in [0.05, 0.1) is 5.56 Å². The summed E-state index contributed by atoms with van der Waals surface area (Å²) in [6, 6.07) is 1.69. The number of hydrogen-bond donors (Lipinski definition) is 0. The first-order valence-electron chi connectivity index (χ1n) is 5.64. The molecule has 0 aliphatic heterocycles. The van der Waals surface area contributed by atoms with E-state index in [1.54, 1.807) is 0 Å². The van der Waals surface area contributed by atoms with E-state index in [9.17, 15) is 22.4 Å². The highest BCUT2D eigenvalue weighted by molar-refractivity contribution is 7.98. The smallest absolute Gasteiger partial charge is 0.417 e. The summed E-state index contributed by atoms with van der Waals surface area (Å²) in [7, 11) is 0. The van der Waals surface area contributed by atoms with Gasteiger partial charge in [-0.1, -0.05) is 0 Å². The van der Waals surface area contributed by atoms with Crippen LogP contribution in [-0.2, 0) is 10.9 Å². The molecule has 7 heteroatoms. The Morgan fingerprint density at radius 3 is 2.15 bits per heavy atom. The van der Waals surface area contributed by atoms with E-state index in [0.29, 0.717) is 6.07 Å². The molecule has 0 spiro atoms. The third-order valence-corrected chi connectivity index (χ3v) is 2.99. The number of carbonyl (C=O) groups excluding carboxylic acids is 1. The second-order valence-electron chi connectivity index (χ2n) is 5.00. The Morgan fingerprint density at radius 2 is 1.75 bits per heavy atom. The lowest BCUT2D eigenvalue weighted by Crippen LogP contribution is -2.26. The lowest BCUT2D eigenvalue weighted by molar-refractivity contribution is -0.138. The Labute approximate surface area is 118 Å². The van der Waals surface area contributed by atoms with Crippen molar-refractivity contribution >= 4 is 17.7 Å². The van der Waals surface area contributed by atoms with Crippen molar-refractivity contribution in [3.63, 3.8) is 0 Å². The number of rotatable bonds is 2. The summed E-state index contributed by atoms with van der Waals surface area (Å²) >= 11 is 0.914. The number of ether oxygens (including phenoxy) is 1. The van der Waals surface area contributed by atoms with Crippen LogP contribution >= 0.6 is 11.8 Å². The second-order valence-corrected chi connectivity index (χ2v) is 5.85. The van der Waals surface area contributed by atoms with E-state index in [2.05, 4.69) is 0 Å². The molecule has 0 aliphatic carbocycles. The van der Waals surface area contributed by atoms with Crippen LogP contribution in [0.1, 0.15) is 36.7 Å². The van der Waals surface area contributed by atoms with Gasteiger partial charge in [-0.3, -0.25) is 0 Å². The summed E-state index contributed by atoms with van der Waals surface area (Å²) in [5.74, 6) is -2.53. The number of esters is 1. The topological polar surface area (TPSA) is 26.3 Å². The molecule has 2 nitrogen and oxygen atoms in total. The van der Waals surface area contributed by atoms with Gasteiger partial charge in [-0.25, -0.2) is 9.18 Å². The SMILES string of the molecule is CSc1ccc(C(F)(F)F)c(C(=O)OC(C)(C)C)c1F. The molecule has 20 heavy (non-hydrogen) atoms. The normalized spacial score (nSPS) is 12.4. The molecule has 0 saturated heterocycles. The van der Waals surface area contributed by atoms with E-state index in [1.165, 1.54) is 27.0 Å². The molecule has 1 rings (SSSR count). The van der Waals surface area contributed by atoms with Crippen molar-refractivity contribution in [2.75, 3.05) is 6.26 Å². The monoisotopic (exact) mass is 310 g/mol. The van der Waals surface area contributed by atoms with Gasteiger partial charge in [0.1, 0.15) is 11.2 Å². The molecule has 0 saturated carbocycles. The fourth-order valence-corrected chi connectivity index (χ4v) is 1.96. The van der Waals surface area contributed by atoms with E-state index < -0.39 is 34.7 Å². The molecule has 0 unspecified atom stereocenters. The average Bonchev–Trinajstić information content (AvgIpc) is 2.24. The molecule has 0 aromatic heterocycles. The van der Waals surface area contributed by atoms with Crippen molar-refractivity contribution in [3.8, 4) is 0 Å². The van der Waals surface area contributed by atoms with Crippen molar-refractivity contribution < 1.29 is 27.1 Å². The first-order chi connectivity index (χ1) is 8.97. The van der Waals surface area contributed by atoms with Gasteiger partial charge in [-0.05, 0) is 39.2 Å². The molecule has 0 atom stereocenters. The molecule has 0 fully saturated rings. The Hall–Kier alpha value is -1.24. The van der Waals surface area contributed by atoms with Crippen molar-refractivity contribution in [2.45, 2.75) is 37.4 Å². The third-order valence-electron chi connectivity index (χ3n) is 2.23. The summed E-state index contributed by atoms with van der Waals surface area (Å²) in [5.41, 5.74) is -3.41. The van der Waals surface area contributed by atoms with E-state index >= 15 is 0 Å². The van der Waals surface area contributed by atoms with Crippen LogP contribution in [0.25, 0.3) is 0 Å². The fourth-order valence-electron chi connectivity index (χ4n) is 1.48. The van der Waals surface area contributed by atoms with Crippen LogP contribution in [0.15, 0.2) is 17.0 Å². The van der Waals surface area contributed by atoms with Crippen LogP contribution < -0.4 is 0 Å². The van der Waals surface area contributed by atoms with Crippen molar-refractivity contribution in [1.29, 1.82) is 0 Å². The number of benzene rings is 1. The highest BCUT2D eigenvalue weighted by atomic mass is 32.2. The summed E-state index contributed by atoms with van der Waals surface area (Å²) in [6.07, 6.45) is -3.32. The minimum atomic E-state index is -4.83. The molecule has 0 aliphatic rings. The minimum Gasteiger partial charge on any atom is -0.456 e. The molecule has 0 amide bonds. The van der Waals surface area contributed by atoms with Gasteiger partial charge in [0, 0.05) is 4.90 Å². The molecular weight excluding hydrogens is 296 g/mol. The molecule has 0 heterocycles. The molecule has 0 bridgehead atoms. The fraction of sp³-hybridized carbons (Fsp3) is 0.462. The zero-order chi connectivity index (χ0) is 15.7. The summed E-state index contributed by atoms with van der Waals surface area (Å²) in [4.78, 5) is 11.8. The maximum absolute atomic E-state index is 14.1. The van der Waals surface area contributed by atoms with Crippen LogP contribution in [0.4, 0.5) is 17.6 Å². The average molecular weight is 310 g/mol. The van der Waals surface area contributed by atoms with Gasteiger partial charge in [-0.2, -0.15) is 13.2 Å².